The van der Waals surface area contributed by atoms with Gasteiger partial charge in [-0.15, -0.1) is 11.3 Å². The third-order valence-electron chi connectivity index (χ3n) is 3.97. The molecule has 2 nitrogen and oxygen atoms in total. The summed E-state index contributed by atoms with van der Waals surface area (Å²) in [6.07, 6.45) is 2.58. The lowest BCUT2D eigenvalue weighted by molar-refractivity contribution is 0.249. The Morgan fingerprint density at radius 1 is 1.25 bits per heavy atom. The van der Waals surface area contributed by atoms with E-state index in [2.05, 4.69) is 46.0 Å². The van der Waals surface area contributed by atoms with Crippen LogP contribution in [0.5, 0.6) is 0 Å². The standard InChI is InChI=1S/C16H16N2S2/c1-2-6-15-13(4-1)17-16(20-15)10-18-8-3-5-14(18)12-7-9-19-11-12/h1-2,4,6-7,9,11,14H,3,5,8,10H2/t14-/m1/s1. The summed E-state index contributed by atoms with van der Waals surface area (Å²) in [5.41, 5.74) is 2.62. The van der Waals surface area contributed by atoms with Crippen LogP contribution in [0, 0.1) is 0 Å². The largest absolute Gasteiger partial charge is 0.290 e. The van der Waals surface area contributed by atoms with E-state index < -0.39 is 0 Å². The summed E-state index contributed by atoms with van der Waals surface area (Å²) in [7, 11) is 0. The van der Waals surface area contributed by atoms with E-state index >= 15 is 0 Å². The Bertz CT molecular complexity index is 669. The van der Waals surface area contributed by atoms with Gasteiger partial charge in [0, 0.05) is 6.04 Å². The quantitative estimate of drug-likeness (QED) is 0.697. The highest BCUT2D eigenvalue weighted by Crippen LogP contribution is 2.35. The van der Waals surface area contributed by atoms with Crippen LogP contribution in [0.4, 0.5) is 0 Å². The fourth-order valence-electron chi connectivity index (χ4n) is 3.02. The van der Waals surface area contributed by atoms with Crippen LogP contribution in [0.1, 0.15) is 29.5 Å². The van der Waals surface area contributed by atoms with Gasteiger partial charge in [-0.25, -0.2) is 4.98 Å². The van der Waals surface area contributed by atoms with Crippen molar-refractivity contribution in [3.05, 3.63) is 51.7 Å². The summed E-state index contributed by atoms with van der Waals surface area (Å²) in [6, 6.07) is 11.3. The fraction of sp³-hybridized carbons (Fsp3) is 0.312. The maximum atomic E-state index is 4.77. The predicted molar refractivity (Wildman–Crippen MR) is 86.3 cm³/mol. The number of fused-ring (bicyclic) bond motifs is 1. The molecule has 0 N–H and O–H groups in total. The molecule has 0 radical (unpaired) electrons. The molecule has 1 aliphatic rings. The molecule has 0 unspecified atom stereocenters. The first-order valence-corrected chi connectivity index (χ1v) is 8.77. The molecule has 0 aliphatic carbocycles. The molecule has 0 amide bonds. The molecule has 20 heavy (non-hydrogen) atoms. The SMILES string of the molecule is c1ccc2sc(CN3CCC[C@@H]3c3ccsc3)nc2c1. The molecule has 1 aliphatic heterocycles. The van der Waals surface area contributed by atoms with Crippen LogP contribution in [0.25, 0.3) is 10.2 Å². The van der Waals surface area contributed by atoms with E-state index in [4.69, 9.17) is 4.98 Å². The van der Waals surface area contributed by atoms with Gasteiger partial charge < -0.3 is 0 Å². The third-order valence-corrected chi connectivity index (χ3v) is 5.69. The monoisotopic (exact) mass is 300 g/mol. The minimum atomic E-state index is 0.591. The number of rotatable bonds is 3. The second-order valence-electron chi connectivity index (χ2n) is 5.26. The highest BCUT2D eigenvalue weighted by atomic mass is 32.1. The second kappa shape index (κ2) is 5.28. The second-order valence-corrected chi connectivity index (χ2v) is 7.16. The summed E-state index contributed by atoms with van der Waals surface area (Å²) in [5, 5.41) is 5.72. The molecule has 4 rings (SSSR count). The van der Waals surface area contributed by atoms with Crippen LogP contribution in [0.15, 0.2) is 41.1 Å². The molecule has 1 atom stereocenters. The van der Waals surface area contributed by atoms with E-state index in [1.165, 1.54) is 34.7 Å². The van der Waals surface area contributed by atoms with Crippen LogP contribution in [0.2, 0.25) is 0 Å². The minimum Gasteiger partial charge on any atom is -0.290 e. The molecule has 3 heterocycles. The fourth-order valence-corrected chi connectivity index (χ4v) is 4.72. The summed E-state index contributed by atoms with van der Waals surface area (Å²) < 4.78 is 1.30. The number of thiophene rings is 1. The summed E-state index contributed by atoms with van der Waals surface area (Å²) in [4.78, 5) is 7.35. The van der Waals surface area contributed by atoms with Gasteiger partial charge in [0.05, 0.1) is 16.8 Å². The lowest BCUT2D eigenvalue weighted by Crippen LogP contribution is -2.22. The molecular formula is C16H16N2S2. The Hall–Kier alpha value is -1.23. The van der Waals surface area contributed by atoms with Crippen LogP contribution in [-0.4, -0.2) is 16.4 Å². The van der Waals surface area contributed by atoms with Crippen LogP contribution < -0.4 is 0 Å². The van der Waals surface area contributed by atoms with Crippen molar-refractivity contribution in [3.8, 4) is 0 Å². The van der Waals surface area contributed by atoms with Crippen molar-refractivity contribution >= 4 is 32.9 Å². The van der Waals surface area contributed by atoms with Crippen molar-refractivity contribution in [1.29, 1.82) is 0 Å². The molecule has 0 spiro atoms. The van der Waals surface area contributed by atoms with Gasteiger partial charge in [0.15, 0.2) is 0 Å². The van der Waals surface area contributed by atoms with Gasteiger partial charge in [-0.05, 0) is 53.9 Å². The van der Waals surface area contributed by atoms with Crippen molar-refractivity contribution in [3.63, 3.8) is 0 Å². The van der Waals surface area contributed by atoms with Crippen LogP contribution >= 0.6 is 22.7 Å². The molecule has 0 saturated carbocycles. The van der Waals surface area contributed by atoms with Gasteiger partial charge in [-0.1, -0.05) is 12.1 Å². The molecule has 2 aromatic heterocycles. The zero-order valence-corrected chi connectivity index (χ0v) is 12.8. The lowest BCUT2D eigenvalue weighted by Gasteiger charge is -2.22. The van der Waals surface area contributed by atoms with Crippen molar-refractivity contribution in [2.75, 3.05) is 6.54 Å². The Balaban J connectivity index is 1.58. The number of thiazole rings is 1. The van der Waals surface area contributed by atoms with Gasteiger partial charge in [0.25, 0.3) is 0 Å². The Morgan fingerprint density at radius 3 is 3.05 bits per heavy atom. The average molecular weight is 300 g/mol. The van der Waals surface area contributed by atoms with E-state index in [1.54, 1.807) is 11.3 Å². The molecule has 1 aromatic carbocycles. The number of benzene rings is 1. The van der Waals surface area contributed by atoms with E-state index in [0.29, 0.717) is 6.04 Å². The summed E-state index contributed by atoms with van der Waals surface area (Å²) >= 11 is 3.63. The normalized spacial score (nSPS) is 19.9. The smallest absolute Gasteiger partial charge is 0.108 e. The summed E-state index contributed by atoms with van der Waals surface area (Å²) in [6.45, 7) is 2.18. The van der Waals surface area contributed by atoms with Gasteiger partial charge in [0.1, 0.15) is 5.01 Å². The summed E-state index contributed by atoms with van der Waals surface area (Å²) in [5.74, 6) is 0. The first kappa shape index (κ1) is 12.5. The van der Waals surface area contributed by atoms with Gasteiger partial charge >= 0.3 is 0 Å². The third kappa shape index (κ3) is 2.28. The van der Waals surface area contributed by atoms with E-state index in [-0.39, 0.29) is 0 Å². The number of hydrogen-bond acceptors (Lipinski definition) is 4. The highest BCUT2D eigenvalue weighted by Gasteiger charge is 2.26. The Morgan fingerprint density at radius 2 is 2.20 bits per heavy atom. The number of aromatic nitrogens is 1. The number of hydrogen-bond donors (Lipinski definition) is 0. The maximum absolute atomic E-state index is 4.77. The number of likely N-dealkylation sites (tertiary alicyclic amines) is 1. The van der Waals surface area contributed by atoms with E-state index in [9.17, 15) is 0 Å². The van der Waals surface area contributed by atoms with Crippen molar-refractivity contribution in [2.24, 2.45) is 0 Å². The number of nitrogens with zero attached hydrogens (tertiary/aromatic N) is 2. The average Bonchev–Trinajstić information content (AvgIpc) is 3.18. The van der Waals surface area contributed by atoms with Crippen LogP contribution in [-0.2, 0) is 6.54 Å². The molecule has 102 valence electrons. The molecular weight excluding hydrogens is 284 g/mol. The first-order valence-electron chi connectivity index (χ1n) is 7.01. The van der Waals surface area contributed by atoms with Gasteiger partial charge in [-0.3, -0.25) is 4.90 Å². The Kier molecular flexibility index (Phi) is 3.30. The van der Waals surface area contributed by atoms with E-state index in [1.807, 2.05) is 11.3 Å². The first-order chi connectivity index (χ1) is 9.90. The molecule has 0 bridgehead atoms. The number of para-hydroxylation sites is 1. The highest BCUT2D eigenvalue weighted by molar-refractivity contribution is 7.18. The van der Waals surface area contributed by atoms with Crippen LogP contribution in [0.3, 0.4) is 0 Å². The van der Waals surface area contributed by atoms with Crippen molar-refractivity contribution in [1.82, 2.24) is 9.88 Å². The predicted octanol–water partition coefficient (Wildman–Crippen LogP) is 4.69. The zero-order chi connectivity index (χ0) is 13.4. The minimum absolute atomic E-state index is 0.591. The van der Waals surface area contributed by atoms with Crippen molar-refractivity contribution < 1.29 is 0 Å². The Labute approximate surface area is 126 Å². The molecule has 1 fully saturated rings. The zero-order valence-electron chi connectivity index (χ0n) is 11.2. The van der Waals surface area contributed by atoms with Gasteiger partial charge in [0.2, 0.25) is 0 Å². The van der Waals surface area contributed by atoms with Gasteiger partial charge in [-0.2, -0.15) is 11.3 Å². The molecule has 4 heteroatoms. The van der Waals surface area contributed by atoms with E-state index in [0.717, 1.165) is 12.1 Å². The van der Waals surface area contributed by atoms with Crippen molar-refractivity contribution in [2.45, 2.75) is 25.4 Å². The molecule has 3 aromatic rings. The molecule has 1 saturated heterocycles. The lowest BCUT2D eigenvalue weighted by atomic mass is 10.1. The maximum Gasteiger partial charge on any atom is 0.108 e. The topological polar surface area (TPSA) is 16.1 Å².